The van der Waals surface area contributed by atoms with Crippen molar-refractivity contribution < 1.29 is 8.42 Å². The van der Waals surface area contributed by atoms with Crippen molar-refractivity contribution in [2.45, 2.75) is 10.9 Å². The first-order valence-corrected chi connectivity index (χ1v) is 6.78. The summed E-state index contributed by atoms with van der Waals surface area (Å²) in [5.74, 6) is 0. The van der Waals surface area contributed by atoms with Crippen molar-refractivity contribution in [3.8, 4) is 0 Å². The van der Waals surface area contributed by atoms with Gasteiger partial charge in [-0.1, -0.05) is 11.6 Å². The monoisotopic (exact) mass is 296 g/mol. The summed E-state index contributed by atoms with van der Waals surface area (Å²) in [4.78, 5) is 0.284. The highest BCUT2D eigenvalue weighted by Gasteiger charge is 2.31. The molecule has 0 aromatic heterocycles. The van der Waals surface area contributed by atoms with Crippen LogP contribution in [-0.4, -0.2) is 38.9 Å². The molecule has 0 unspecified atom stereocenters. The molecule has 17 heavy (non-hydrogen) atoms. The largest absolute Gasteiger partial charge is 0.313 e. The molecule has 0 bridgehead atoms. The third kappa shape index (κ3) is 2.92. The molecular weight excluding hydrogens is 283 g/mol. The van der Waals surface area contributed by atoms with Gasteiger partial charge in [-0.15, -0.1) is 12.4 Å². The predicted octanol–water partition coefficient (Wildman–Crippen LogP) is 1.35. The quantitative estimate of drug-likeness (QED) is 0.916. The third-order valence-corrected chi connectivity index (χ3v) is 4.94. The van der Waals surface area contributed by atoms with Gasteiger partial charge in [-0.3, -0.25) is 0 Å². The van der Waals surface area contributed by atoms with E-state index in [9.17, 15) is 8.42 Å². The standard InChI is InChI=1S/C10H13ClN2O2S.ClH/c1-13(9-6-12-7-9)16(14,15)10-4-2-8(11)3-5-10;/h2-5,9,12H,6-7H2,1H3;1H. The molecule has 2 rings (SSSR count). The first kappa shape index (κ1) is 14.7. The van der Waals surface area contributed by atoms with Gasteiger partial charge in [0.2, 0.25) is 10.0 Å². The van der Waals surface area contributed by atoms with Crippen LogP contribution in [0.3, 0.4) is 0 Å². The Kier molecular flexibility index (Phi) is 4.80. The van der Waals surface area contributed by atoms with E-state index in [1.807, 2.05) is 0 Å². The van der Waals surface area contributed by atoms with Crippen molar-refractivity contribution in [1.29, 1.82) is 0 Å². The van der Waals surface area contributed by atoms with Crippen LogP contribution in [0.5, 0.6) is 0 Å². The maximum absolute atomic E-state index is 12.1. The van der Waals surface area contributed by atoms with Crippen LogP contribution in [0.15, 0.2) is 29.2 Å². The first-order chi connectivity index (χ1) is 7.51. The van der Waals surface area contributed by atoms with Crippen molar-refractivity contribution in [2.75, 3.05) is 20.1 Å². The van der Waals surface area contributed by atoms with Crippen molar-refractivity contribution in [3.63, 3.8) is 0 Å². The summed E-state index contributed by atoms with van der Waals surface area (Å²) in [6, 6.07) is 6.28. The lowest BCUT2D eigenvalue weighted by Crippen LogP contribution is -2.57. The van der Waals surface area contributed by atoms with E-state index in [-0.39, 0.29) is 23.3 Å². The summed E-state index contributed by atoms with van der Waals surface area (Å²) in [6.45, 7) is 1.42. The molecule has 0 atom stereocenters. The van der Waals surface area contributed by atoms with E-state index in [1.165, 1.54) is 16.4 Å². The molecule has 4 nitrogen and oxygen atoms in total. The molecule has 1 heterocycles. The Morgan fingerprint density at radius 3 is 2.24 bits per heavy atom. The number of hydrogen-bond donors (Lipinski definition) is 1. The first-order valence-electron chi connectivity index (χ1n) is 4.96. The van der Waals surface area contributed by atoms with Crippen molar-refractivity contribution in [2.24, 2.45) is 0 Å². The maximum atomic E-state index is 12.1. The summed E-state index contributed by atoms with van der Waals surface area (Å²) in [5.41, 5.74) is 0. The fraction of sp³-hybridized carbons (Fsp3) is 0.400. The topological polar surface area (TPSA) is 49.4 Å². The van der Waals surface area contributed by atoms with Crippen LogP contribution in [0.25, 0.3) is 0 Å². The summed E-state index contributed by atoms with van der Waals surface area (Å²) in [6.07, 6.45) is 0. The molecule has 1 aliphatic rings. The van der Waals surface area contributed by atoms with Crippen LogP contribution < -0.4 is 5.32 Å². The second kappa shape index (κ2) is 5.54. The Balaban J connectivity index is 0.00000144. The van der Waals surface area contributed by atoms with Gasteiger partial charge in [0.1, 0.15) is 0 Å². The van der Waals surface area contributed by atoms with Gasteiger partial charge in [0, 0.05) is 31.2 Å². The molecule has 1 fully saturated rings. The molecule has 1 aromatic carbocycles. The van der Waals surface area contributed by atoms with Crippen LogP contribution in [0.2, 0.25) is 5.02 Å². The molecular formula is C10H14Cl2N2O2S. The average molecular weight is 297 g/mol. The third-order valence-electron chi connectivity index (χ3n) is 2.76. The Hall–Kier alpha value is -0.330. The van der Waals surface area contributed by atoms with Gasteiger partial charge in [0.25, 0.3) is 0 Å². The molecule has 0 radical (unpaired) electrons. The van der Waals surface area contributed by atoms with Gasteiger partial charge >= 0.3 is 0 Å². The zero-order chi connectivity index (χ0) is 11.8. The van der Waals surface area contributed by atoms with E-state index < -0.39 is 10.0 Å². The Bertz CT molecular complexity index is 472. The summed E-state index contributed by atoms with van der Waals surface area (Å²) in [7, 11) is -1.77. The van der Waals surface area contributed by atoms with E-state index in [0.29, 0.717) is 18.1 Å². The van der Waals surface area contributed by atoms with E-state index >= 15 is 0 Å². The summed E-state index contributed by atoms with van der Waals surface area (Å²) in [5, 5.41) is 3.58. The second-order valence-electron chi connectivity index (χ2n) is 3.79. The lowest BCUT2D eigenvalue weighted by Gasteiger charge is -2.34. The van der Waals surface area contributed by atoms with E-state index in [0.717, 1.165) is 0 Å². The lowest BCUT2D eigenvalue weighted by atomic mass is 10.2. The highest BCUT2D eigenvalue weighted by molar-refractivity contribution is 7.89. The highest BCUT2D eigenvalue weighted by atomic mass is 35.5. The van der Waals surface area contributed by atoms with Gasteiger partial charge in [0.05, 0.1) is 4.90 Å². The van der Waals surface area contributed by atoms with E-state index in [4.69, 9.17) is 11.6 Å². The molecule has 1 aromatic rings. The number of rotatable bonds is 3. The molecule has 0 amide bonds. The van der Waals surface area contributed by atoms with Gasteiger partial charge in [-0.25, -0.2) is 8.42 Å². The van der Waals surface area contributed by atoms with Crippen LogP contribution in [0.1, 0.15) is 0 Å². The van der Waals surface area contributed by atoms with Crippen molar-refractivity contribution in [1.82, 2.24) is 9.62 Å². The van der Waals surface area contributed by atoms with E-state index in [1.54, 1.807) is 19.2 Å². The van der Waals surface area contributed by atoms with Crippen LogP contribution in [0.4, 0.5) is 0 Å². The number of halogens is 2. The predicted molar refractivity (Wildman–Crippen MR) is 70.3 cm³/mol. The van der Waals surface area contributed by atoms with Crippen molar-refractivity contribution in [3.05, 3.63) is 29.3 Å². The minimum absolute atomic E-state index is 0. The van der Waals surface area contributed by atoms with Crippen LogP contribution >= 0.6 is 24.0 Å². The maximum Gasteiger partial charge on any atom is 0.243 e. The summed E-state index contributed by atoms with van der Waals surface area (Å²) < 4.78 is 25.7. The fourth-order valence-corrected chi connectivity index (χ4v) is 2.98. The number of nitrogens with zero attached hydrogens (tertiary/aromatic N) is 1. The van der Waals surface area contributed by atoms with E-state index in [2.05, 4.69) is 5.32 Å². The smallest absolute Gasteiger partial charge is 0.243 e. The van der Waals surface area contributed by atoms with Gasteiger partial charge < -0.3 is 5.32 Å². The molecule has 1 N–H and O–H groups in total. The minimum atomic E-state index is -3.38. The Morgan fingerprint density at radius 2 is 1.82 bits per heavy atom. The zero-order valence-electron chi connectivity index (χ0n) is 9.26. The van der Waals surface area contributed by atoms with Crippen molar-refractivity contribution >= 4 is 34.0 Å². The molecule has 1 aliphatic heterocycles. The highest BCUT2D eigenvalue weighted by Crippen LogP contribution is 2.20. The molecule has 0 saturated carbocycles. The molecule has 7 heteroatoms. The normalized spacial score (nSPS) is 16.4. The van der Waals surface area contributed by atoms with Crippen LogP contribution in [-0.2, 0) is 10.0 Å². The Labute approximate surface area is 112 Å². The molecule has 0 spiro atoms. The fourth-order valence-electron chi connectivity index (χ4n) is 1.50. The average Bonchev–Trinajstić information content (AvgIpc) is 2.15. The number of benzene rings is 1. The number of hydrogen-bond acceptors (Lipinski definition) is 3. The van der Waals surface area contributed by atoms with Gasteiger partial charge in [-0.05, 0) is 24.3 Å². The van der Waals surface area contributed by atoms with Gasteiger partial charge in [-0.2, -0.15) is 4.31 Å². The number of nitrogens with one attached hydrogen (secondary N) is 1. The SMILES string of the molecule is CN(C1CNC1)S(=O)(=O)c1ccc(Cl)cc1.Cl. The number of likely N-dealkylation sites (N-methyl/N-ethyl adjacent to an activating group) is 1. The second-order valence-corrected chi connectivity index (χ2v) is 6.22. The van der Waals surface area contributed by atoms with Gasteiger partial charge in [0.15, 0.2) is 0 Å². The number of sulfonamides is 1. The van der Waals surface area contributed by atoms with Crippen LogP contribution in [0, 0.1) is 0 Å². The molecule has 96 valence electrons. The lowest BCUT2D eigenvalue weighted by molar-refractivity contribution is 0.274. The molecule has 0 aliphatic carbocycles. The molecule has 1 saturated heterocycles. The minimum Gasteiger partial charge on any atom is -0.313 e. The summed E-state index contributed by atoms with van der Waals surface area (Å²) >= 11 is 5.72. The zero-order valence-corrected chi connectivity index (χ0v) is 11.6. The Morgan fingerprint density at radius 1 is 1.29 bits per heavy atom.